The van der Waals surface area contributed by atoms with Crippen molar-refractivity contribution in [1.29, 1.82) is 0 Å². The second-order valence-corrected chi connectivity index (χ2v) is 10.2. The van der Waals surface area contributed by atoms with Gasteiger partial charge in [0.05, 0.1) is 4.90 Å². The van der Waals surface area contributed by atoms with Gasteiger partial charge in [-0.15, -0.1) is 0 Å². The molecule has 1 aliphatic carbocycles. The Hall–Kier alpha value is -1.40. The zero-order chi connectivity index (χ0) is 19.6. The molecule has 1 aliphatic heterocycles. The van der Waals surface area contributed by atoms with E-state index in [1.165, 1.54) is 6.42 Å². The first kappa shape index (κ1) is 20.3. The van der Waals surface area contributed by atoms with Crippen LogP contribution in [0, 0.1) is 18.8 Å². The van der Waals surface area contributed by atoms with Crippen molar-refractivity contribution < 1.29 is 13.2 Å². The minimum Gasteiger partial charge on any atom is -0.349 e. The smallest absolute Gasteiger partial charge is 0.251 e. The van der Waals surface area contributed by atoms with E-state index in [0.717, 1.165) is 32.1 Å². The van der Waals surface area contributed by atoms with Gasteiger partial charge in [-0.1, -0.05) is 39.2 Å². The van der Waals surface area contributed by atoms with E-state index in [9.17, 15) is 13.2 Å². The number of nitrogens with one attached hydrogen (secondary N) is 1. The maximum absolute atomic E-state index is 13.1. The van der Waals surface area contributed by atoms with Crippen LogP contribution in [0.15, 0.2) is 23.1 Å². The maximum Gasteiger partial charge on any atom is 0.251 e. The summed E-state index contributed by atoms with van der Waals surface area (Å²) in [6.45, 7) is 7.35. The molecule has 1 heterocycles. The van der Waals surface area contributed by atoms with Crippen LogP contribution >= 0.6 is 0 Å². The van der Waals surface area contributed by atoms with Gasteiger partial charge in [0.2, 0.25) is 10.0 Å². The molecule has 0 spiro atoms. The van der Waals surface area contributed by atoms with Gasteiger partial charge in [0.15, 0.2) is 0 Å². The summed E-state index contributed by atoms with van der Waals surface area (Å²) in [5, 5.41) is 3.15. The van der Waals surface area contributed by atoms with Gasteiger partial charge in [-0.3, -0.25) is 4.79 Å². The Labute approximate surface area is 163 Å². The van der Waals surface area contributed by atoms with E-state index in [2.05, 4.69) is 19.2 Å². The average Bonchev–Trinajstić information content (AvgIpc) is 2.66. The Morgan fingerprint density at radius 1 is 1.07 bits per heavy atom. The van der Waals surface area contributed by atoms with Gasteiger partial charge in [-0.05, 0) is 55.7 Å². The molecule has 0 radical (unpaired) electrons. The van der Waals surface area contributed by atoms with Crippen LogP contribution in [0.2, 0.25) is 0 Å². The van der Waals surface area contributed by atoms with E-state index in [0.29, 0.717) is 36.1 Å². The van der Waals surface area contributed by atoms with E-state index >= 15 is 0 Å². The van der Waals surface area contributed by atoms with Gasteiger partial charge in [0, 0.05) is 24.7 Å². The maximum atomic E-state index is 13.1. The molecule has 1 saturated carbocycles. The summed E-state index contributed by atoms with van der Waals surface area (Å²) in [4.78, 5) is 13.1. The number of hydrogen-bond donors (Lipinski definition) is 1. The molecular weight excluding hydrogens is 360 g/mol. The molecule has 2 aliphatic rings. The number of sulfonamides is 1. The van der Waals surface area contributed by atoms with Gasteiger partial charge >= 0.3 is 0 Å². The van der Waals surface area contributed by atoms with E-state index in [-0.39, 0.29) is 16.8 Å². The highest BCUT2D eigenvalue weighted by Gasteiger charge is 2.30. The van der Waals surface area contributed by atoms with Crippen molar-refractivity contribution in [2.75, 3.05) is 13.1 Å². The van der Waals surface area contributed by atoms with Crippen molar-refractivity contribution in [2.45, 2.75) is 70.2 Å². The molecule has 27 heavy (non-hydrogen) atoms. The number of amides is 1. The van der Waals surface area contributed by atoms with Crippen molar-refractivity contribution >= 4 is 15.9 Å². The Bertz CT molecular complexity index is 785. The largest absolute Gasteiger partial charge is 0.349 e. The van der Waals surface area contributed by atoms with Crippen LogP contribution in [0.25, 0.3) is 0 Å². The van der Waals surface area contributed by atoms with Crippen LogP contribution in [0.3, 0.4) is 0 Å². The predicted octanol–water partition coefficient (Wildman–Crippen LogP) is 3.72. The second-order valence-electron chi connectivity index (χ2n) is 8.29. The lowest BCUT2D eigenvalue weighted by Crippen LogP contribution is -2.43. The molecule has 0 unspecified atom stereocenters. The van der Waals surface area contributed by atoms with Crippen LogP contribution in [0.1, 0.15) is 68.3 Å². The van der Waals surface area contributed by atoms with Crippen molar-refractivity contribution in [2.24, 2.45) is 11.8 Å². The normalized spacial score (nSPS) is 27.3. The third kappa shape index (κ3) is 4.37. The van der Waals surface area contributed by atoms with Gasteiger partial charge in [0.1, 0.15) is 0 Å². The van der Waals surface area contributed by atoms with Gasteiger partial charge < -0.3 is 5.32 Å². The van der Waals surface area contributed by atoms with Gasteiger partial charge in [0.25, 0.3) is 5.91 Å². The molecule has 2 fully saturated rings. The molecule has 1 N–H and O–H groups in total. The quantitative estimate of drug-likeness (QED) is 0.849. The molecule has 0 aromatic heterocycles. The van der Waals surface area contributed by atoms with Crippen molar-refractivity contribution in [3.63, 3.8) is 0 Å². The monoisotopic (exact) mass is 392 g/mol. The minimum absolute atomic E-state index is 0.157. The van der Waals surface area contributed by atoms with Crippen LogP contribution in [-0.2, 0) is 10.0 Å². The van der Waals surface area contributed by atoms with Crippen molar-refractivity contribution in [1.82, 2.24) is 9.62 Å². The van der Waals surface area contributed by atoms with Gasteiger partial charge in [-0.25, -0.2) is 8.42 Å². The summed E-state index contributed by atoms with van der Waals surface area (Å²) in [5.41, 5.74) is 1.12. The number of carbonyl (C=O) groups excluding carboxylic acids is 1. The third-order valence-corrected chi connectivity index (χ3v) is 8.45. The zero-order valence-electron chi connectivity index (χ0n) is 16.7. The SMILES string of the molecule is Cc1ccc(C(=O)N[C@H]2CCC[C@@H](C)[C@@H]2C)cc1S(=O)(=O)N1CCCCC1. The summed E-state index contributed by atoms with van der Waals surface area (Å²) >= 11 is 0. The predicted molar refractivity (Wildman–Crippen MR) is 107 cm³/mol. The Morgan fingerprint density at radius 2 is 1.78 bits per heavy atom. The highest BCUT2D eigenvalue weighted by molar-refractivity contribution is 7.89. The molecule has 0 bridgehead atoms. The molecule has 6 heteroatoms. The number of hydrogen-bond acceptors (Lipinski definition) is 3. The van der Waals surface area contributed by atoms with E-state index in [1.54, 1.807) is 29.4 Å². The topological polar surface area (TPSA) is 66.5 Å². The fourth-order valence-electron chi connectivity index (χ4n) is 4.30. The standard InChI is InChI=1S/C21H32N2O3S/c1-15-8-7-9-19(17(15)3)22-21(24)18-11-10-16(2)20(14-18)27(25,26)23-12-5-4-6-13-23/h10-11,14-15,17,19H,4-9,12-13H2,1-3H3,(H,22,24)/t15-,17+,19+/m1/s1. The molecule has 1 saturated heterocycles. The van der Waals surface area contributed by atoms with Crippen molar-refractivity contribution in [3.05, 3.63) is 29.3 Å². The first-order chi connectivity index (χ1) is 12.8. The average molecular weight is 393 g/mol. The highest BCUT2D eigenvalue weighted by atomic mass is 32.2. The summed E-state index contributed by atoms with van der Waals surface area (Å²) in [6, 6.07) is 5.20. The second kappa shape index (κ2) is 8.31. The third-order valence-electron chi connectivity index (χ3n) is 6.41. The van der Waals surface area contributed by atoms with Gasteiger partial charge in [-0.2, -0.15) is 4.31 Å². The fourth-order valence-corrected chi connectivity index (χ4v) is 6.07. The molecule has 3 rings (SSSR count). The number of aryl methyl sites for hydroxylation is 1. The van der Waals surface area contributed by atoms with E-state index in [4.69, 9.17) is 0 Å². The summed E-state index contributed by atoms with van der Waals surface area (Å²) in [7, 11) is -3.55. The van der Waals surface area contributed by atoms with Crippen LogP contribution in [-0.4, -0.2) is 37.8 Å². The molecule has 1 amide bonds. The summed E-state index contributed by atoms with van der Waals surface area (Å²) in [5.74, 6) is 0.859. The number of nitrogens with zero attached hydrogens (tertiary/aromatic N) is 1. The Balaban J connectivity index is 1.81. The molecular formula is C21H32N2O3S. The fraction of sp³-hybridized carbons (Fsp3) is 0.667. The Kier molecular flexibility index (Phi) is 6.26. The van der Waals surface area contributed by atoms with Crippen LogP contribution in [0.4, 0.5) is 0 Å². The van der Waals surface area contributed by atoms with Crippen LogP contribution < -0.4 is 5.32 Å². The number of rotatable bonds is 4. The van der Waals surface area contributed by atoms with E-state index in [1.807, 2.05) is 0 Å². The first-order valence-corrected chi connectivity index (χ1v) is 11.7. The molecule has 150 valence electrons. The molecule has 3 atom stereocenters. The molecule has 1 aromatic carbocycles. The lowest BCUT2D eigenvalue weighted by Gasteiger charge is -2.34. The first-order valence-electron chi connectivity index (χ1n) is 10.2. The molecule has 1 aromatic rings. The Morgan fingerprint density at radius 3 is 2.48 bits per heavy atom. The zero-order valence-corrected chi connectivity index (χ0v) is 17.5. The summed E-state index contributed by atoms with van der Waals surface area (Å²) < 4.78 is 27.7. The molecule has 5 nitrogen and oxygen atoms in total. The lowest BCUT2D eigenvalue weighted by molar-refractivity contribution is 0.0891. The van der Waals surface area contributed by atoms with E-state index < -0.39 is 10.0 Å². The minimum atomic E-state index is -3.55. The lowest BCUT2D eigenvalue weighted by atomic mass is 9.78. The number of piperidine rings is 1. The highest BCUT2D eigenvalue weighted by Crippen LogP contribution is 2.30. The summed E-state index contributed by atoms with van der Waals surface area (Å²) in [6.07, 6.45) is 6.19. The number of carbonyl (C=O) groups is 1. The number of benzene rings is 1. The van der Waals surface area contributed by atoms with Crippen LogP contribution in [0.5, 0.6) is 0 Å². The van der Waals surface area contributed by atoms with Crippen molar-refractivity contribution in [3.8, 4) is 0 Å².